The van der Waals surface area contributed by atoms with Gasteiger partial charge in [-0.25, -0.2) is 17.8 Å². The third-order valence-corrected chi connectivity index (χ3v) is 5.36. The minimum absolute atomic E-state index is 0.166. The van der Waals surface area contributed by atoms with Crippen molar-refractivity contribution in [3.63, 3.8) is 0 Å². The molecule has 3 rings (SSSR count). The van der Waals surface area contributed by atoms with Gasteiger partial charge in [-0.05, 0) is 36.8 Å². The fourth-order valence-electron chi connectivity index (χ4n) is 2.52. The quantitative estimate of drug-likeness (QED) is 0.762. The molecule has 0 spiro atoms. The SMILES string of the molecule is Cc1ccc(S(=O)(=O)N[C@@H](c2ccc(F)cc2)c2nccn2C)cc1. The average Bonchev–Trinajstić information content (AvgIpc) is 3.00. The Bertz CT molecular complexity index is 964. The molecule has 3 aromatic rings. The van der Waals surface area contributed by atoms with Crippen molar-refractivity contribution in [1.29, 1.82) is 0 Å². The average molecular weight is 359 g/mol. The van der Waals surface area contributed by atoms with Crippen LogP contribution in [0.15, 0.2) is 65.8 Å². The van der Waals surface area contributed by atoms with Gasteiger partial charge in [-0.1, -0.05) is 29.8 Å². The van der Waals surface area contributed by atoms with E-state index in [4.69, 9.17) is 0 Å². The van der Waals surface area contributed by atoms with Crippen LogP contribution in [0.25, 0.3) is 0 Å². The number of aromatic nitrogens is 2. The molecule has 0 saturated carbocycles. The number of hydrogen-bond acceptors (Lipinski definition) is 3. The van der Waals surface area contributed by atoms with Crippen molar-refractivity contribution in [2.24, 2.45) is 7.05 Å². The molecule has 0 aliphatic rings. The molecule has 0 aliphatic carbocycles. The van der Waals surface area contributed by atoms with Crippen molar-refractivity contribution in [3.8, 4) is 0 Å². The number of nitrogens with one attached hydrogen (secondary N) is 1. The number of benzene rings is 2. The van der Waals surface area contributed by atoms with Gasteiger partial charge in [-0.3, -0.25) is 0 Å². The van der Waals surface area contributed by atoms with Crippen LogP contribution in [0.1, 0.15) is 23.0 Å². The highest BCUT2D eigenvalue weighted by molar-refractivity contribution is 7.89. The van der Waals surface area contributed by atoms with Gasteiger partial charge in [0.1, 0.15) is 17.7 Å². The Kier molecular flexibility index (Phi) is 4.69. The van der Waals surface area contributed by atoms with E-state index in [1.54, 1.807) is 60.4 Å². The van der Waals surface area contributed by atoms with Gasteiger partial charge in [0.2, 0.25) is 10.0 Å². The van der Waals surface area contributed by atoms with Gasteiger partial charge in [-0.2, -0.15) is 4.72 Å². The summed E-state index contributed by atoms with van der Waals surface area (Å²) in [6.45, 7) is 1.89. The summed E-state index contributed by atoms with van der Waals surface area (Å²) in [5, 5.41) is 0. The van der Waals surface area contributed by atoms with Gasteiger partial charge < -0.3 is 4.57 Å². The van der Waals surface area contributed by atoms with Crippen molar-refractivity contribution in [2.45, 2.75) is 17.9 Å². The largest absolute Gasteiger partial charge is 0.336 e. The van der Waals surface area contributed by atoms with Gasteiger partial charge in [0.25, 0.3) is 0 Å². The molecule has 0 bridgehead atoms. The third kappa shape index (κ3) is 3.78. The molecule has 1 aromatic heterocycles. The number of aryl methyl sites for hydroxylation is 2. The van der Waals surface area contributed by atoms with E-state index in [1.807, 2.05) is 6.92 Å². The summed E-state index contributed by atoms with van der Waals surface area (Å²) in [4.78, 5) is 4.42. The second-order valence-electron chi connectivity index (χ2n) is 5.82. The monoisotopic (exact) mass is 359 g/mol. The number of halogens is 1. The van der Waals surface area contributed by atoms with Gasteiger partial charge in [0.05, 0.1) is 4.90 Å². The lowest BCUT2D eigenvalue weighted by atomic mass is 10.1. The Morgan fingerprint density at radius 2 is 1.72 bits per heavy atom. The van der Waals surface area contributed by atoms with Crippen LogP contribution < -0.4 is 4.72 Å². The first-order valence-corrected chi connectivity index (χ1v) is 9.17. The van der Waals surface area contributed by atoms with E-state index in [0.29, 0.717) is 11.4 Å². The molecule has 0 unspecified atom stereocenters. The molecular weight excluding hydrogens is 341 g/mol. The summed E-state index contributed by atoms with van der Waals surface area (Å²) in [7, 11) is -2.00. The maximum atomic E-state index is 13.3. The molecule has 0 radical (unpaired) electrons. The molecule has 0 aliphatic heterocycles. The molecule has 1 heterocycles. The highest BCUT2D eigenvalue weighted by Crippen LogP contribution is 2.23. The van der Waals surface area contributed by atoms with Gasteiger partial charge in [0, 0.05) is 19.4 Å². The van der Waals surface area contributed by atoms with Crippen molar-refractivity contribution in [2.75, 3.05) is 0 Å². The van der Waals surface area contributed by atoms with E-state index in [0.717, 1.165) is 5.56 Å². The number of hydrogen-bond donors (Lipinski definition) is 1. The Hall–Kier alpha value is -2.51. The van der Waals surface area contributed by atoms with Gasteiger partial charge in [-0.15, -0.1) is 0 Å². The highest BCUT2D eigenvalue weighted by Gasteiger charge is 2.25. The Morgan fingerprint density at radius 1 is 1.08 bits per heavy atom. The standard InChI is InChI=1S/C18H18FN3O2S/c1-13-3-9-16(10-4-13)25(23,24)21-17(18-20-11-12-22(18)2)14-5-7-15(19)8-6-14/h3-12,17,21H,1-2H3/t17-/m0/s1. The molecule has 2 aromatic carbocycles. The second-order valence-corrected chi connectivity index (χ2v) is 7.53. The second kappa shape index (κ2) is 6.78. The fraction of sp³-hybridized carbons (Fsp3) is 0.167. The first kappa shape index (κ1) is 17.3. The lowest BCUT2D eigenvalue weighted by molar-refractivity contribution is 0.562. The van der Waals surface area contributed by atoms with Crippen LogP contribution in [0.5, 0.6) is 0 Å². The molecule has 0 saturated heterocycles. The number of rotatable bonds is 5. The summed E-state index contributed by atoms with van der Waals surface area (Å²) >= 11 is 0. The predicted molar refractivity (Wildman–Crippen MR) is 93.0 cm³/mol. The summed E-state index contributed by atoms with van der Waals surface area (Å²) in [6, 6.07) is 11.5. The van der Waals surface area contributed by atoms with Crippen LogP contribution in [0.4, 0.5) is 4.39 Å². The van der Waals surface area contributed by atoms with E-state index in [2.05, 4.69) is 9.71 Å². The molecule has 5 nitrogen and oxygen atoms in total. The summed E-state index contributed by atoms with van der Waals surface area (Å²) in [6.07, 6.45) is 3.32. The lowest BCUT2D eigenvalue weighted by Gasteiger charge is -2.19. The maximum Gasteiger partial charge on any atom is 0.241 e. The van der Waals surface area contributed by atoms with E-state index in [-0.39, 0.29) is 10.7 Å². The zero-order valence-corrected chi connectivity index (χ0v) is 14.7. The first-order chi connectivity index (χ1) is 11.9. The minimum atomic E-state index is -3.77. The topological polar surface area (TPSA) is 64.0 Å². The normalized spacial score (nSPS) is 12.9. The van der Waals surface area contributed by atoms with Crippen LogP contribution in [-0.2, 0) is 17.1 Å². The fourth-order valence-corrected chi connectivity index (χ4v) is 3.70. The van der Waals surface area contributed by atoms with E-state index in [1.165, 1.54) is 12.1 Å². The van der Waals surface area contributed by atoms with Crippen molar-refractivity contribution in [1.82, 2.24) is 14.3 Å². The number of nitrogens with zero attached hydrogens (tertiary/aromatic N) is 2. The summed E-state index contributed by atoms with van der Waals surface area (Å²) < 4.78 is 43.2. The summed E-state index contributed by atoms with van der Waals surface area (Å²) in [5.74, 6) is 0.131. The van der Waals surface area contributed by atoms with Crippen LogP contribution in [-0.4, -0.2) is 18.0 Å². The van der Waals surface area contributed by atoms with E-state index >= 15 is 0 Å². The van der Waals surface area contributed by atoms with E-state index < -0.39 is 16.1 Å². The minimum Gasteiger partial charge on any atom is -0.336 e. The number of imidazole rings is 1. The molecular formula is C18H18FN3O2S. The molecule has 25 heavy (non-hydrogen) atoms. The molecule has 7 heteroatoms. The maximum absolute atomic E-state index is 13.3. The lowest BCUT2D eigenvalue weighted by Crippen LogP contribution is -2.31. The van der Waals surface area contributed by atoms with Crippen LogP contribution in [0.2, 0.25) is 0 Å². The van der Waals surface area contributed by atoms with Gasteiger partial charge in [0.15, 0.2) is 0 Å². The highest BCUT2D eigenvalue weighted by atomic mass is 32.2. The Labute approximate surface area is 146 Å². The summed E-state index contributed by atoms with van der Waals surface area (Å²) in [5.41, 5.74) is 1.57. The zero-order chi connectivity index (χ0) is 18.0. The molecule has 1 atom stereocenters. The number of sulfonamides is 1. The molecule has 1 N–H and O–H groups in total. The van der Waals surface area contributed by atoms with Gasteiger partial charge >= 0.3 is 0 Å². The van der Waals surface area contributed by atoms with Crippen molar-refractivity contribution >= 4 is 10.0 Å². The van der Waals surface area contributed by atoms with E-state index in [9.17, 15) is 12.8 Å². The Balaban J connectivity index is 2.02. The van der Waals surface area contributed by atoms with Crippen LogP contribution in [0, 0.1) is 12.7 Å². The van der Waals surface area contributed by atoms with Crippen LogP contribution >= 0.6 is 0 Å². The third-order valence-electron chi connectivity index (χ3n) is 3.92. The van der Waals surface area contributed by atoms with Crippen molar-refractivity contribution in [3.05, 3.63) is 83.7 Å². The first-order valence-electron chi connectivity index (χ1n) is 7.68. The predicted octanol–water partition coefficient (Wildman–Crippen LogP) is 2.94. The zero-order valence-electron chi connectivity index (χ0n) is 13.8. The van der Waals surface area contributed by atoms with Crippen molar-refractivity contribution < 1.29 is 12.8 Å². The molecule has 0 fully saturated rings. The molecule has 0 amide bonds. The molecule has 130 valence electrons. The Morgan fingerprint density at radius 3 is 2.28 bits per heavy atom. The smallest absolute Gasteiger partial charge is 0.241 e. The van der Waals surface area contributed by atoms with Crippen LogP contribution in [0.3, 0.4) is 0 Å².